The van der Waals surface area contributed by atoms with Crippen molar-refractivity contribution in [2.45, 2.75) is 46.3 Å². The zero-order valence-electron chi connectivity index (χ0n) is 11.9. The van der Waals surface area contributed by atoms with Gasteiger partial charge in [-0.15, -0.1) is 0 Å². The lowest BCUT2D eigenvalue weighted by Gasteiger charge is -2.52. The van der Waals surface area contributed by atoms with E-state index in [0.29, 0.717) is 12.2 Å². The first-order valence-corrected chi connectivity index (χ1v) is 6.70. The van der Waals surface area contributed by atoms with Crippen LogP contribution in [0.2, 0.25) is 0 Å². The van der Waals surface area contributed by atoms with Crippen molar-refractivity contribution in [3.8, 4) is 0 Å². The molecule has 106 valence electrons. The third-order valence-electron chi connectivity index (χ3n) is 4.15. The summed E-state index contributed by atoms with van der Waals surface area (Å²) in [4.78, 5) is 0. The summed E-state index contributed by atoms with van der Waals surface area (Å²) in [6, 6.07) is 2.77. The Kier molecular flexibility index (Phi) is 3.81. The summed E-state index contributed by atoms with van der Waals surface area (Å²) in [6.07, 6.45) is 0.916. The number of benzene rings is 1. The molecule has 2 unspecified atom stereocenters. The third kappa shape index (κ3) is 2.46. The van der Waals surface area contributed by atoms with Gasteiger partial charge < -0.3 is 10.1 Å². The first-order chi connectivity index (χ1) is 8.87. The molecule has 2 nitrogen and oxygen atoms in total. The van der Waals surface area contributed by atoms with Crippen LogP contribution in [0.5, 0.6) is 0 Å². The van der Waals surface area contributed by atoms with Gasteiger partial charge in [-0.1, -0.05) is 19.9 Å². The Morgan fingerprint density at radius 3 is 2.63 bits per heavy atom. The molecule has 0 spiro atoms. The number of halogens is 2. The zero-order chi connectivity index (χ0) is 14.2. The second-order valence-electron chi connectivity index (χ2n) is 5.75. The summed E-state index contributed by atoms with van der Waals surface area (Å²) < 4.78 is 33.3. The molecule has 0 aliphatic heterocycles. The SMILES string of the molecule is CCOC1CC(Nc2c(F)ccc(C)c2F)C1(C)C. The van der Waals surface area contributed by atoms with Gasteiger partial charge in [-0.3, -0.25) is 0 Å². The van der Waals surface area contributed by atoms with Crippen molar-refractivity contribution in [2.75, 3.05) is 11.9 Å². The molecule has 0 amide bonds. The van der Waals surface area contributed by atoms with Gasteiger partial charge in [-0.25, -0.2) is 8.78 Å². The number of hydrogen-bond donors (Lipinski definition) is 1. The lowest BCUT2D eigenvalue weighted by Crippen LogP contribution is -2.58. The molecule has 0 radical (unpaired) electrons. The standard InChI is InChI=1S/C15H21F2NO/c1-5-19-12-8-11(15(12,3)4)18-14-10(16)7-6-9(2)13(14)17/h6-7,11-12,18H,5,8H2,1-4H3. The van der Waals surface area contributed by atoms with E-state index >= 15 is 0 Å². The predicted molar refractivity (Wildman–Crippen MR) is 72.3 cm³/mol. The largest absolute Gasteiger partial charge is 0.378 e. The van der Waals surface area contributed by atoms with Crippen molar-refractivity contribution in [1.82, 2.24) is 0 Å². The fourth-order valence-electron chi connectivity index (χ4n) is 2.58. The highest BCUT2D eigenvalue weighted by atomic mass is 19.1. The molecule has 1 fully saturated rings. The molecule has 1 aliphatic carbocycles. The minimum Gasteiger partial charge on any atom is -0.378 e. The number of rotatable bonds is 4. The van der Waals surface area contributed by atoms with Gasteiger partial charge >= 0.3 is 0 Å². The molecule has 19 heavy (non-hydrogen) atoms. The van der Waals surface area contributed by atoms with Crippen LogP contribution >= 0.6 is 0 Å². The quantitative estimate of drug-likeness (QED) is 0.895. The van der Waals surface area contributed by atoms with Gasteiger partial charge in [0, 0.05) is 18.1 Å². The molecule has 4 heteroatoms. The average Bonchev–Trinajstić information content (AvgIpc) is 2.36. The Morgan fingerprint density at radius 2 is 2.05 bits per heavy atom. The van der Waals surface area contributed by atoms with Crippen molar-refractivity contribution in [3.05, 3.63) is 29.3 Å². The molecule has 2 rings (SSSR count). The maximum absolute atomic E-state index is 13.9. The van der Waals surface area contributed by atoms with E-state index in [-0.39, 0.29) is 23.2 Å². The van der Waals surface area contributed by atoms with E-state index in [9.17, 15) is 8.78 Å². The highest BCUT2D eigenvalue weighted by Gasteiger charge is 2.49. The van der Waals surface area contributed by atoms with E-state index < -0.39 is 11.6 Å². The molecule has 0 bridgehead atoms. The van der Waals surface area contributed by atoms with Gasteiger partial charge in [0.2, 0.25) is 0 Å². The van der Waals surface area contributed by atoms with Crippen LogP contribution in [0.15, 0.2) is 12.1 Å². The summed E-state index contributed by atoms with van der Waals surface area (Å²) in [6.45, 7) is 8.36. The maximum atomic E-state index is 13.9. The van der Waals surface area contributed by atoms with Gasteiger partial charge in [-0.05, 0) is 31.9 Å². The van der Waals surface area contributed by atoms with Crippen LogP contribution in [-0.4, -0.2) is 18.8 Å². The molecule has 0 saturated heterocycles. The van der Waals surface area contributed by atoms with E-state index in [1.165, 1.54) is 12.1 Å². The molecule has 1 aromatic rings. The molecule has 0 heterocycles. The van der Waals surface area contributed by atoms with Crippen molar-refractivity contribution in [2.24, 2.45) is 5.41 Å². The van der Waals surface area contributed by atoms with E-state index in [0.717, 1.165) is 6.42 Å². The van der Waals surface area contributed by atoms with Crippen LogP contribution < -0.4 is 5.32 Å². The highest BCUT2D eigenvalue weighted by Crippen LogP contribution is 2.44. The Morgan fingerprint density at radius 1 is 1.37 bits per heavy atom. The number of anilines is 1. The fourth-order valence-corrected chi connectivity index (χ4v) is 2.58. The van der Waals surface area contributed by atoms with Crippen molar-refractivity contribution >= 4 is 5.69 Å². The monoisotopic (exact) mass is 269 g/mol. The third-order valence-corrected chi connectivity index (χ3v) is 4.15. The zero-order valence-corrected chi connectivity index (χ0v) is 11.9. The lowest BCUT2D eigenvalue weighted by atomic mass is 9.64. The smallest absolute Gasteiger partial charge is 0.152 e. The topological polar surface area (TPSA) is 21.3 Å². The number of hydrogen-bond acceptors (Lipinski definition) is 2. The van der Waals surface area contributed by atoms with E-state index in [1.807, 2.05) is 6.92 Å². The van der Waals surface area contributed by atoms with Crippen molar-refractivity contribution < 1.29 is 13.5 Å². The first kappa shape index (κ1) is 14.3. The van der Waals surface area contributed by atoms with Crippen LogP contribution in [0.1, 0.15) is 32.8 Å². The second kappa shape index (κ2) is 5.08. The van der Waals surface area contributed by atoms with Crippen LogP contribution in [-0.2, 0) is 4.74 Å². The Labute approximate surface area is 113 Å². The molecule has 1 aliphatic rings. The van der Waals surface area contributed by atoms with Gasteiger partial charge in [0.15, 0.2) is 5.82 Å². The summed E-state index contributed by atoms with van der Waals surface area (Å²) in [5.41, 5.74) is 0.300. The Balaban J connectivity index is 2.14. The Hall–Kier alpha value is -1.16. The first-order valence-electron chi connectivity index (χ1n) is 6.70. The maximum Gasteiger partial charge on any atom is 0.152 e. The lowest BCUT2D eigenvalue weighted by molar-refractivity contribution is -0.0977. The van der Waals surface area contributed by atoms with Gasteiger partial charge in [0.25, 0.3) is 0 Å². The minimum absolute atomic E-state index is 0.0203. The number of nitrogens with one attached hydrogen (secondary N) is 1. The second-order valence-corrected chi connectivity index (χ2v) is 5.75. The minimum atomic E-state index is -0.543. The van der Waals surface area contributed by atoms with E-state index in [2.05, 4.69) is 19.2 Å². The van der Waals surface area contributed by atoms with Crippen molar-refractivity contribution in [3.63, 3.8) is 0 Å². The van der Waals surface area contributed by atoms with E-state index in [1.54, 1.807) is 6.92 Å². The molecular formula is C15H21F2NO. The summed E-state index contributed by atoms with van der Waals surface area (Å²) in [5.74, 6) is -1.05. The van der Waals surface area contributed by atoms with Crippen molar-refractivity contribution in [1.29, 1.82) is 0 Å². The van der Waals surface area contributed by atoms with Gasteiger partial charge in [-0.2, -0.15) is 0 Å². The summed E-state index contributed by atoms with van der Waals surface area (Å²) >= 11 is 0. The predicted octanol–water partition coefficient (Wildman–Crippen LogP) is 3.89. The summed E-state index contributed by atoms with van der Waals surface area (Å²) in [7, 11) is 0. The fraction of sp³-hybridized carbons (Fsp3) is 0.600. The molecule has 0 aromatic heterocycles. The van der Waals surface area contributed by atoms with Crippen LogP contribution in [0.4, 0.5) is 14.5 Å². The van der Waals surface area contributed by atoms with Gasteiger partial charge in [0.1, 0.15) is 11.5 Å². The molecule has 2 atom stereocenters. The average molecular weight is 269 g/mol. The normalized spacial score (nSPS) is 24.9. The van der Waals surface area contributed by atoms with Gasteiger partial charge in [0.05, 0.1) is 6.10 Å². The highest BCUT2D eigenvalue weighted by molar-refractivity contribution is 5.50. The molecule has 1 aromatic carbocycles. The molecule has 1 saturated carbocycles. The molecular weight excluding hydrogens is 248 g/mol. The molecule has 1 N–H and O–H groups in total. The Bertz CT molecular complexity index is 473. The van der Waals surface area contributed by atoms with E-state index in [4.69, 9.17) is 4.74 Å². The van der Waals surface area contributed by atoms with Crippen LogP contribution in [0, 0.1) is 24.0 Å². The van der Waals surface area contributed by atoms with Crippen LogP contribution in [0.3, 0.4) is 0 Å². The summed E-state index contributed by atoms with van der Waals surface area (Å²) in [5, 5.41) is 3.00. The van der Waals surface area contributed by atoms with Crippen LogP contribution in [0.25, 0.3) is 0 Å². The number of ether oxygens (including phenoxy) is 1. The number of aryl methyl sites for hydroxylation is 1.